The minimum atomic E-state index is -0.666. The summed E-state index contributed by atoms with van der Waals surface area (Å²) in [7, 11) is 0. The Morgan fingerprint density at radius 2 is 2.38 bits per heavy atom. The van der Waals surface area contributed by atoms with Crippen LogP contribution < -0.4 is 10.1 Å². The minimum Gasteiger partial charge on any atom is -0.410 e. The van der Waals surface area contributed by atoms with Crippen LogP contribution in [0.4, 0.5) is 4.79 Å². The third-order valence-corrected chi connectivity index (χ3v) is 1.67. The number of hydrogen-bond acceptors (Lipinski definition) is 2. The van der Waals surface area contributed by atoms with Crippen molar-refractivity contribution in [3.8, 4) is 18.2 Å². The first-order valence-electron chi connectivity index (χ1n) is 3.41. The molecule has 0 spiro atoms. The summed E-state index contributed by atoms with van der Waals surface area (Å²) in [5.41, 5.74) is 0. The quantitative estimate of drug-likeness (QED) is 0.603. The highest BCUT2D eigenvalue weighted by atomic mass is 79.9. The summed E-state index contributed by atoms with van der Waals surface area (Å²) < 4.78 is 5.65. The molecule has 0 aliphatic carbocycles. The maximum absolute atomic E-state index is 10.8. The van der Waals surface area contributed by atoms with Crippen LogP contribution in [0.1, 0.15) is 0 Å². The number of carbonyl (C=O) groups excluding carboxylic acids is 1. The van der Waals surface area contributed by atoms with Crippen LogP contribution in [0, 0.1) is 12.5 Å². The van der Waals surface area contributed by atoms with Crippen LogP contribution in [0.3, 0.4) is 0 Å². The van der Waals surface area contributed by atoms with Gasteiger partial charge in [0.15, 0.2) is 0 Å². The third-order valence-electron chi connectivity index (χ3n) is 1.18. The monoisotopic (exact) mass is 239 g/mol. The maximum Gasteiger partial charge on any atom is 0.424 e. The summed E-state index contributed by atoms with van der Waals surface area (Å²) in [6, 6.07) is 8.86. The summed E-state index contributed by atoms with van der Waals surface area (Å²) >= 11 is 3.24. The van der Waals surface area contributed by atoms with Gasteiger partial charge in [-0.15, -0.1) is 0 Å². The van der Waals surface area contributed by atoms with Crippen LogP contribution in [0.5, 0.6) is 5.75 Å². The molecule has 0 saturated heterocycles. The number of amides is 1. The summed E-state index contributed by atoms with van der Waals surface area (Å²) in [6.45, 7) is 0. The first-order valence-corrected chi connectivity index (χ1v) is 4.20. The lowest BCUT2D eigenvalue weighted by atomic mass is 10.3. The van der Waals surface area contributed by atoms with E-state index in [1.165, 1.54) is 0 Å². The van der Waals surface area contributed by atoms with Crippen LogP contribution in [-0.4, -0.2) is 6.09 Å². The molecule has 1 rings (SSSR count). The molecule has 13 heavy (non-hydrogen) atoms. The molecule has 0 aromatic heterocycles. The molecule has 0 atom stereocenters. The number of nitrogens with one attached hydrogen (secondary N) is 1. The van der Waals surface area contributed by atoms with Crippen LogP contribution in [0.15, 0.2) is 28.7 Å². The maximum atomic E-state index is 10.8. The molecule has 3 nitrogen and oxygen atoms in total. The molecular formula is C9H6BrNO2. The van der Waals surface area contributed by atoms with Gasteiger partial charge >= 0.3 is 6.09 Å². The van der Waals surface area contributed by atoms with Crippen LogP contribution in [-0.2, 0) is 0 Å². The number of terminal acetylenes is 1. The Morgan fingerprint density at radius 1 is 1.62 bits per heavy atom. The average molecular weight is 240 g/mol. The zero-order valence-corrected chi connectivity index (χ0v) is 8.17. The van der Waals surface area contributed by atoms with Gasteiger partial charge in [-0.1, -0.05) is 28.4 Å². The lowest BCUT2D eigenvalue weighted by Gasteiger charge is -2.01. The molecule has 66 valence electrons. The first-order chi connectivity index (χ1) is 6.22. The zero-order valence-electron chi connectivity index (χ0n) is 6.58. The van der Waals surface area contributed by atoms with E-state index < -0.39 is 6.09 Å². The Hall–Kier alpha value is -1.47. The minimum absolute atomic E-state index is 0.433. The van der Waals surface area contributed by atoms with Crippen molar-refractivity contribution in [1.29, 1.82) is 0 Å². The molecule has 0 unspecified atom stereocenters. The highest BCUT2D eigenvalue weighted by Crippen LogP contribution is 2.17. The van der Waals surface area contributed by atoms with Gasteiger partial charge in [0.25, 0.3) is 0 Å². The summed E-state index contributed by atoms with van der Waals surface area (Å²) in [4.78, 5) is 10.8. The second-order valence-electron chi connectivity index (χ2n) is 2.12. The van der Waals surface area contributed by atoms with Crippen molar-refractivity contribution in [2.24, 2.45) is 0 Å². The summed E-state index contributed by atoms with van der Waals surface area (Å²) in [6.07, 6.45) is 4.18. The van der Waals surface area contributed by atoms with E-state index in [0.29, 0.717) is 5.75 Å². The zero-order chi connectivity index (χ0) is 9.68. The van der Waals surface area contributed by atoms with Gasteiger partial charge in [0, 0.05) is 10.5 Å². The van der Waals surface area contributed by atoms with Crippen molar-refractivity contribution in [2.45, 2.75) is 0 Å². The number of carbonyl (C=O) groups is 1. The lowest BCUT2D eigenvalue weighted by Crippen LogP contribution is -2.21. The van der Waals surface area contributed by atoms with Gasteiger partial charge < -0.3 is 4.74 Å². The van der Waals surface area contributed by atoms with E-state index in [1.54, 1.807) is 18.2 Å². The van der Waals surface area contributed by atoms with E-state index in [2.05, 4.69) is 21.2 Å². The molecule has 0 aliphatic rings. The summed E-state index contributed by atoms with van der Waals surface area (Å²) in [5, 5.41) is 2.06. The fourth-order valence-corrected chi connectivity index (χ4v) is 1.10. The molecule has 0 saturated carbocycles. The topological polar surface area (TPSA) is 38.3 Å². The fraction of sp³-hybridized carbons (Fsp3) is 0. The third kappa shape index (κ3) is 3.18. The Labute approximate surface area is 84.2 Å². The molecule has 0 bridgehead atoms. The standard InChI is InChI=1S/C9H6BrNO2/c1-2-11-9(12)13-8-5-3-4-7(10)6-8/h1,3-6H,(H,11,12). The van der Waals surface area contributed by atoms with Gasteiger partial charge in [0.1, 0.15) is 5.75 Å². The van der Waals surface area contributed by atoms with Crippen LogP contribution >= 0.6 is 15.9 Å². The number of halogens is 1. The molecule has 1 aromatic carbocycles. The Balaban J connectivity index is 2.65. The van der Waals surface area contributed by atoms with E-state index in [-0.39, 0.29) is 0 Å². The van der Waals surface area contributed by atoms with Gasteiger partial charge in [-0.25, -0.2) is 10.1 Å². The molecule has 4 heteroatoms. The smallest absolute Gasteiger partial charge is 0.410 e. The SMILES string of the molecule is C#CNC(=O)Oc1cccc(Br)c1. The van der Waals surface area contributed by atoms with Crippen molar-refractivity contribution in [3.63, 3.8) is 0 Å². The molecule has 0 heterocycles. The van der Waals surface area contributed by atoms with E-state index in [1.807, 2.05) is 12.1 Å². The molecule has 0 aliphatic heterocycles. The van der Waals surface area contributed by atoms with E-state index in [4.69, 9.17) is 11.2 Å². The summed E-state index contributed by atoms with van der Waals surface area (Å²) in [5.74, 6) is 0.433. The number of hydrogen-bond donors (Lipinski definition) is 1. The largest absolute Gasteiger partial charge is 0.424 e. The predicted octanol–water partition coefficient (Wildman–Crippen LogP) is 2.13. The fourth-order valence-electron chi connectivity index (χ4n) is 0.722. The second kappa shape index (κ2) is 4.53. The molecule has 1 N–H and O–H groups in total. The normalized spacial score (nSPS) is 8.62. The van der Waals surface area contributed by atoms with Crippen LogP contribution in [0.25, 0.3) is 0 Å². The molecular weight excluding hydrogens is 234 g/mol. The van der Waals surface area contributed by atoms with Crippen molar-refractivity contribution in [2.75, 3.05) is 0 Å². The van der Waals surface area contributed by atoms with E-state index >= 15 is 0 Å². The Morgan fingerprint density at radius 3 is 3.00 bits per heavy atom. The number of benzene rings is 1. The molecule has 1 amide bonds. The lowest BCUT2D eigenvalue weighted by molar-refractivity contribution is 0.205. The Kier molecular flexibility index (Phi) is 3.35. The molecule has 0 radical (unpaired) electrons. The van der Waals surface area contributed by atoms with Crippen molar-refractivity contribution in [3.05, 3.63) is 28.7 Å². The van der Waals surface area contributed by atoms with Gasteiger partial charge in [0.05, 0.1) is 0 Å². The van der Waals surface area contributed by atoms with Gasteiger partial charge in [0.2, 0.25) is 0 Å². The van der Waals surface area contributed by atoms with Crippen molar-refractivity contribution >= 4 is 22.0 Å². The van der Waals surface area contributed by atoms with Crippen molar-refractivity contribution < 1.29 is 9.53 Å². The molecule has 0 fully saturated rings. The molecule has 1 aromatic rings. The highest BCUT2D eigenvalue weighted by molar-refractivity contribution is 9.10. The second-order valence-corrected chi connectivity index (χ2v) is 3.03. The highest BCUT2D eigenvalue weighted by Gasteiger charge is 2.01. The first kappa shape index (κ1) is 9.62. The van der Waals surface area contributed by atoms with Gasteiger partial charge in [-0.05, 0) is 18.2 Å². The van der Waals surface area contributed by atoms with Gasteiger partial charge in [-0.3, -0.25) is 0 Å². The van der Waals surface area contributed by atoms with Crippen LogP contribution in [0.2, 0.25) is 0 Å². The van der Waals surface area contributed by atoms with E-state index in [0.717, 1.165) is 4.47 Å². The van der Waals surface area contributed by atoms with Gasteiger partial charge in [-0.2, -0.15) is 0 Å². The average Bonchev–Trinajstić information content (AvgIpc) is 2.04. The van der Waals surface area contributed by atoms with E-state index in [9.17, 15) is 4.79 Å². The Bertz CT molecular complexity index is 357. The van der Waals surface area contributed by atoms with Crippen molar-refractivity contribution in [1.82, 2.24) is 5.32 Å². The predicted molar refractivity (Wildman–Crippen MR) is 52.1 cm³/mol. The number of ether oxygens (including phenoxy) is 1. The number of rotatable bonds is 1.